The van der Waals surface area contributed by atoms with Crippen molar-refractivity contribution < 1.29 is 4.39 Å². The van der Waals surface area contributed by atoms with Gasteiger partial charge in [0.05, 0.1) is 5.52 Å². The molecule has 98 valence electrons. The normalized spacial score (nSPS) is 12.3. The van der Waals surface area contributed by atoms with Crippen molar-refractivity contribution >= 4 is 11.0 Å². The number of imidazole rings is 1. The highest BCUT2D eigenvalue weighted by molar-refractivity contribution is 5.76. The first kappa shape index (κ1) is 13.0. The van der Waals surface area contributed by atoms with Crippen LogP contribution in [0.1, 0.15) is 33.0 Å². The number of nitrogens with zero attached hydrogens (tertiary/aromatic N) is 2. The Hall–Kier alpha value is -1.42. The molecule has 0 saturated heterocycles. The van der Waals surface area contributed by atoms with E-state index in [0.717, 1.165) is 30.7 Å². The van der Waals surface area contributed by atoms with Gasteiger partial charge < -0.3 is 10.3 Å². The standard InChI is InChI=1S/C14H20FN3/c1-4-18-11-7-5-6-10(15)13(11)17-12(18)8-9-14(2,3)16/h5-7H,4,8-9,16H2,1-3H3. The zero-order chi connectivity index (χ0) is 13.3. The monoisotopic (exact) mass is 249 g/mol. The fourth-order valence-electron chi connectivity index (χ4n) is 2.14. The molecule has 1 aromatic carbocycles. The Bertz CT molecular complexity index is 552. The van der Waals surface area contributed by atoms with Crippen molar-refractivity contribution in [3.8, 4) is 0 Å². The van der Waals surface area contributed by atoms with Crippen LogP contribution in [0.15, 0.2) is 18.2 Å². The van der Waals surface area contributed by atoms with E-state index in [4.69, 9.17) is 5.73 Å². The van der Waals surface area contributed by atoms with Gasteiger partial charge in [-0.2, -0.15) is 0 Å². The SMILES string of the molecule is CCn1c(CCC(C)(C)N)nc2c(F)cccc21. The second-order valence-electron chi connectivity index (χ2n) is 5.37. The summed E-state index contributed by atoms with van der Waals surface area (Å²) in [4.78, 5) is 4.42. The highest BCUT2D eigenvalue weighted by atomic mass is 19.1. The Labute approximate surface area is 107 Å². The van der Waals surface area contributed by atoms with Crippen LogP contribution >= 0.6 is 0 Å². The van der Waals surface area contributed by atoms with E-state index in [1.165, 1.54) is 6.07 Å². The van der Waals surface area contributed by atoms with E-state index in [-0.39, 0.29) is 11.4 Å². The van der Waals surface area contributed by atoms with Crippen molar-refractivity contribution in [1.82, 2.24) is 9.55 Å². The lowest BCUT2D eigenvalue weighted by Crippen LogP contribution is -2.32. The van der Waals surface area contributed by atoms with Gasteiger partial charge in [-0.3, -0.25) is 0 Å². The zero-order valence-electron chi connectivity index (χ0n) is 11.2. The molecule has 3 nitrogen and oxygen atoms in total. The van der Waals surface area contributed by atoms with E-state index in [1.807, 2.05) is 26.8 Å². The van der Waals surface area contributed by atoms with Crippen LogP contribution in [-0.4, -0.2) is 15.1 Å². The number of benzene rings is 1. The van der Waals surface area contributed by atoms with Crippen LogP contribution in [0.3, 0.4) is 0 Å². The summed E-state index contributed by atoms with van der Waals surface area (Å²) in [5, 5.41) is 0. The first-order chi connectivity index (χ1) is 8.42. The molecule has 0 fully saturated rings. The fraction of sp³-hybridized carbons (Fsp3) is 0.500. The second-order valence-corrected chi connectivity index (χ2v) is 5.37. The molecule has 2 aromatic rings. The molecule has 1 aromatic heterocycles. The molecule has 1 heterocycles. The molecule has 0 atom stereocenters. The van der Waals surface area contributed by atoms with Crippen molar-refractivity contribution in [3.63, 3.8) is 0 Å². The van der Waals surface area contributed by atoms with Crippen LogP contribution in [0.25, 0.3) is 11.0 Å². The topological polar surface area (TPSA) is 43.8 Å². The van der Waals surface area contributed by atoms with Crippen LogP contribution in [-0.2, 0) is 13.0 Å². The molecule has 0 saturated carbocycles. The summed E-state index contributed by atoms with van der Waals surface area (Å²) in [6.07, 6.45) is 1.60. The summed E-state index contributed by atoms with van der Waals surface area (Å²) < 4.78 is 15.7. The lowest BCUT2D eigenvalue weighted by molar-refractivity contribution is 0.466. The largest absolute Gasteiger partial charge is 0.328 e. The number of nitrogens with two attached hydrogens (primary N) is 1. The summed E-state index contributed by atoms with van der Waals surface area (Å²) in [5.41, 5.74) is 7.09. The van der Waals surface area contributed by atoms with Crippen molar-refractivity contribution in [2.24, 2.45) is 5.73 Å². The Morgan fingerprint density at radius 3 is 2.72 bits per heavy atom. The average Bonchev–Trinajstić information content (AvgIpc) is 2.64. The van der Waals surface area contributed by atoms with Gasteiger partial charge in [0.1, 0.15) is 11.3 Å². The minimum absolute atomic E-state index is 0.227. The van der Waals surface area contributed by atoms with E-state index in [0.29, 0.717) is 5.52 Å². The van der Waals surface area contributed by atoms with Crippen LogP contribution in [0.5, 0.6) is 0 Å². The van der Waals surface area contributed by atoms with Gasteiger partial charge in [-0.05, 0) is 39.3 Å². The number of halogens is 1. The molecule has 0 aliphatic rings. The van der Waals surface area contributed by atoms with E-state index >= 15 is 0 Å². The molecular formula is C14H20FN3. The maximum absolute atomic E-state index is 13.7. The Kier molecular flexibility index (Phi) is 3.39. The molecule has 0 aliphatic carbocycles. The van der Waals surface area contributed by atoms with Crippen LogP contribution < -0.4 is 5.73 Å². The maximum atomic E-state index is 13.7. The average molecular weight is 249 g/mol. The van der Waals surface area contributed by atoms with Crippen molar-refractivity contribution in [2.45, 2.75) is 45.7 Å². The highest BCUT2D eigenvalue weighted by Crippen LogP contribution is 2.21. The molecule has 0 amide bonds. The number of hydrogen-bond donors (Lipinski definition) is 1. The summed E-state index contributed by atoms with van der Waals surface area (Å²) in [7, 11) is 0. The Morgan fingerprint density at radius 1 is 1.39 bits per heavy atom. The molecule has 18 heavy (non-hydrogen) atoms. The van der Waals surface area contributed by atoms with Crippen molar-refractivity contribution in [1.29, 1.82) is 0 Å². The number of rotatable bonds is 4. The van der Waals surface area contributed by atoms with Gasteiger partial charge in [0.2, 0.25) is 0 Å². The number of para-hydroxylation sites is 1. The second kappa shape index (κ2) is 4.69. The summed E-state index contributed by atoms with van der Waals surface area (Å²) in [5.74, 6) is 0.657. The molecule has 0 bridgehead atoms. The predicted molar refractivity (Wildman–Crippen MR) is 72.0 cm³/mol. The number of fused-ring (bicyclic) bond motifs is 1. The van der Waals surface area contributed by atoms with Gasteiger partial charge in [-0.1, -0.05) is 6.07 Å². The fourth-order valence-corrected chi connectivity index (χ4v) is 2.14. The first-order valence-electron chi connectivity index (χ1n) is 6.35. The summed E-state index contributed by atoms with van der Waals surface area (Å²) in [6, 6.07) is 5.08. The Balaban J connectivity index is 2.41. The lowest BCUT2D eigenvalue weighted by Gasteiger charge is -2.18. The predicted octanol–water partition coefficient (Wildman–Crippen LogP) is 2.87. The van der Waals surface area contributed by atoms with Crippen molar-refractivity contribution in [3.05, 3.63) is 29.8 Å². The summed E-state index contributed by atoms with van der Waals surface area (Å²) in [6.45, 7) is 6.82. The molecular weight excluding hydrogens is 229 g/mol. The van der Waals surface area contributed by atoms with Gasteiger partial charge >= 0.3 is 0 Å². The maximum Gasteiger partial charge on any atom is 0.151 e. The van der Waals surface area contributed by atoms with E-state index in [1.54, 1.807) is 6.07 Å². The molecule has 0 aliphatic heterocycles. The number of aryl methyl sites for hydroxylation is 2. The third-order valence-electron chi connectivity index (χ3n) is 3.12. The number of hydrogen-bond acceptors (Lipinski definition) is 2. The van der Waals surface area contributed by atoms with Gasteiger partial charge in [0, 0.05) is 18.5 Å². The smallest absolute Gasteiger partial charge is 0.151 e. The Morgan fingerprint density at radius 2 is 2.11 bits per heavy atom. The van der Waals surface area contributed by atoms with Gasteiger partial charge in [-0.15, -0.1) is 0 Å². The van der Waals surface area contributed by atoms with Crippen LogP contribution in [0.4, 0.5) is 4.39 Å². The summed E-state index contributed by atoms with van der Waals surface area (Å²) >= 11 is 0. The molecule has 0 spiro atoms. The van der Waals surface area contributed by atoms with Gasteiger partial charge in [-0.25, -0.2) is 9.37 Å². The number of aromatic nitrogens is 2. The third-order valence-corrected chi connectivity index (χ3v) is 3.12. The molecule has 0 unspecified atom stereocenters. The van der Waals surface area contributed by atoms with Crippen molar-refractivity contribution in [2.75, 3.05) is 0 Å². The van der Waals surface area contributed by atoms with E-state index in [9.17, 15) is 4.39 Å². The molecule has 2 rings (SSSR count). The van der Waals surface area contributed by atoms with E-state index < -0.39 is 0 Å². The minimum Gasteiger partial charge on any atom is -0.328 e. The quantitative estimate of drug-likeness (QED) is 0.905. The van der Waals surface area contributed by atoms with Gasteiger partial charge in [0.15, 0.2) is 5.82 Å². The minimum atomic E-state index is -0.257. The highest BCUT2D eigenvalue weighted by Gasteiger charge is 2.16. The molecule has 0 radical (unpaired) electrons. The molecule has 4 heteroatoms. The molecule has 2 N–H and O–H groups in total. The van der Waals surface area contributed by atoms with E-state index in [2.05, 4.69) is 9.55 Å². The first-order valence-corrected chi connectivity index (χ1v) is 6.35. The zero-order valence-corrected chi connectivity index (χ0v) is 11.2. The van der Waals surface area contributed by atoms with Crippen LogP contribution in [0.2, 0.25) is 0 Å². The lowest BCUT2D eigenvalue weighted by atomic mass is 10.00. The van der Waals surface area contributed by atoms with Crippen LogP contribution in [0, 0.1) is 5.82 Å². The third kappa shape index (κ3) is 2.53. The van der Waals surface area contributed by atoms with Gasteiger partial charge in [0.25, 0.3) is 0 Å².